The van der Waals surface area contributed by atoms with E-state index in [1.54, 1.807) is 6.07 Å². The van der Waals surface area contributed by atoms with Crippen LogP contribution in [0, 0.1) is 11.7 Å². The Bertz CT molecular complexity index is 608. The normalized spacial score (nSPS) is 25.6. The number of hydrogen-bond donors (Lipinski definition) is 1. The molecule has 0 spiro atoms. The number of nitrogens with zero attached hydrogens (tertiary/aromatic N) is 1. The first-order valence-corrected chi connectivity index (χ1v) is 9.32. The first-order valence-electron chi connectivity index (χ1n) is 7.77. The van der Waals surface area contributed by atoms with Crippen LogP contribution in [0.2, 0.25) is 0 Å². The molecule has 1 saturated carbocycles. The van der Waals surface area contributed by atoms with Crippen molar-refractivity contribution in [3.8, 4) is 0 Å². The van der Waals surface area contributed by atoms with Gasteiger partial charge in [-0.25, -0.2) is 9.18 Å². The third-order valence-electron chi connectivity index (χ3n) is 4.75. The molecule has 1 aliphatic carbocycles. The standard InChI is InChI=1S/C16H21FN2O2S/c1-22(21)15-8-7-12(10-13(15)17)18-16(20)19-9-3-5-11-4-2-6-14(11)19/h7-8,10-11,14H,2-6,9H2,1H3,(H,18,20)/t11-,14-,22+/m0/s1. The highest BCUT2D eigenvalue weighted by molar-refractivity contribution is 7.84. The number of halogens is 1. The zero-order valence-electron chi connectivity index (χ0n) is 12.7. The van der Waals surface area contributed by atoms with Crippen LogP contribution in [-0.4, -0.2) is 34.0 Å². The lowest BCUT2D eigenvalue weighted by Gasteiger charge is -2.37. The monoisotopic (exact) mass is 324 g/mol. The van der Waals surface area contributed by atoms with E-state index in [0.717, 1.165) is 19.4 Å². The van der Waals surface area contributed by atoms with Gasteiger partial charge in [-0.05, 0) is 49.8 Å². The van der Waals surface area contributed by atoms with Gasteiger partial charge in [0.2, 0.25) is 0 Å². The summed E-state index contributed by atoms with van der Waals surface area (Å²) in [7, 11) is -1.37. The van der Waals surface area contributed by atoms with Crippen molar-refractivity contribution in [1.82, 2.24) is 4.90 Å². The van der Waals surface area contributed by atoms with E-state index in [9.17, 15) is 13.4 Å². The Hall–Kier alpha value is -1.43. The number of anilines is 1. The lowest BCUT2D eigenvalue weighted by Crippen LogP contribution is -2.48. The Labute approximate surface area is 132 Å². The maximum atomic E-state index is 13.9. The van der Waals surface area contributed by atoms with Gasteiger partial charge in [-0.2, -0.15) is 0 Å². The summed E-state index contributed by atoms with van der Waals surface area (Å²) in [5.74, 6) is 0.0807. The van der Waals surface area contributed by atoms with E-state index >= 15 is 0 Å². The summed E-state index contributed by atoms with van der Waals surface area (Å²) in [5, 5.41) is 2.78. The molecule has 0 radical (unpaired) electrons. The molecule has 3 atom stereocenters. The van der Waals surface area contributed by atoms with Crippen molar-refractivity contribution >= 4 is 22.5 Å². The molecule has 2 amide bonds. The maximum Gasteiger partial charge on any atom is 0.322 e. The lowest BCUT2D eigenvalue weighted by atomic mass is 9.92. The van der Waals surface area contributed by atoms with E-state index in [1.807, 2.05) is 4.90 Å². The summed E-state index contributed by atoms with van der Waals surface area (Å²) in [6, 6.07) is 4.50. The van der Waals surface area contributed by atoms with Crippen molar-refractivity contribution < 1.29 is 13.4 Å². The third-order valence-corrected chi connectivity index (χ3v) is 5.70. The Morgan fingerprint density at radius 1 is 1.32 bits per heavy atom. The van der Waals surface area contributed by atoms with E-state index < -0.39 is 16.6 Å². The summed E-state index contributed by atoms with van der Waals surface area (Å²) >= 11 is 0. The highest BCUT2D eigenvalue weighted by atomic mass is 32.2. The number of carbonyl (C=O) groups excluding carboxylic acids is 1. The summed E-state index contributed by atoms with van der Waals surface area (Å²) in [6.07, 6.45) is 7.15. The van der Waals surface area contributed by atoms with Gasteiger partial charge in [0.1, 0.15) is 5.82 Å². The highest BCUT2D eigenvalue weighted by Gasteiger charge is 2.37. The van der Waals surface area contributed by atoms with Crippen LogP contribution in [0.15, 0.2) is 23.1 Å². The highest BCUT2D eigenvalue weighted by Crippen LogP contribution is 2.37. The summed E-state index contributed by atoms with van der Waals surface area (Å²) < 4.78 is 25.2. The quantitative estimate of drug-likeness (QED) is 0.907. The topological polar surface area (TPSA) is 49.4 Å². The van der Waals surface area contributed by atoms with Gasteiger partial charge in [-0.1, -0.05) is 6.42 Å². The van der Waals surface area contributed by atoms with Gasteiger partial charge < -0.3 is 10.2 Å². The summed E-state index contributed by atoms with van der Waals surface area (Å²) in [5.41, 5.74) is 0.414. The number of hydrogen-bond acceptors (Lipinski definition) is 2. The molecule has 4 nitrogen and oxygen atoms in total. The van der Waals surface area contributed by atoms with Gasteiger partial charge in [0.15, 0.2) is 0 Å². The molecule has 3 rings (SSSR count). The van der Waals surface area contributed by atoms with Crippen molar-refractivity contribution in [2.75, 3.05) is 18.1 Å². The molecule has 2 aliphatic rings. The second kappa shape index (κ2) is 6.36. The number of nitrogens with one attached hydrogen (secondary N) is 1. The number of benzene rings is 1. The molecular formula is C16H21FN2O2S. The number of urea groups is 1. The number of likely N-dealkylation sites (tertiary alicyclic amines) is 1. The Balaban J connectivity index is 1.71. The molecule has 1 aliphatic heterocycles. The zero-order chi connectivity index (χ0) is 15.7. The Kier molecular flexibility index (Phi) is 4.47. The van der Waals surface area contributed by atoms with Crippen LogP contribution in [0.3, 0.4) is 0 Å². The molecule has 0 bridgehead atoms. The van der Waals surface area contributed by atoms with Crippen LogP contribution in [-0.2, 0) is 10.8 Å². The van der Waals surface area contributed by atoms with Crippen molar-refractivity contribution in [3.05, 3.63) is 24.0 Å². The minimum Gasteiger partial charge on any atom is -0.321 e. The number of amides is 2. The molecule has 0 aromatic heterocycles. The van der Waals surface area contributed by atoms with Crippen LogP contribution in [0.5, 0.6) is 0 Å². The Morgan fingerprint density at radius 2 is 2.09 bits per heavy atom. The fourth-order valence-electron chi connectivity index (χ4n) is 3.71. The number of carbonyl (C=O) groups is 1. The van der Waals surface area contributed by atoms with Crippen LogP contribution in [0.4, 0.5) is 14.9 Å². The second-order valence-electron chi connectivity index (χ2n) is 6.12. The largest absolute Gasteiger partial charge is 0.322 e. The van der Waals surface area contributed by atoms with Crippen molar-refractivity contribution in [3.63, 3.8) is 0 Å². The summed E-state index contributed by atoms with van der Waals surface area (Å²) in [4.78, 5) is 14.5. The molecule has 1 saturated heterocycles. The van der Waals surface area contributed by atoms with Gasteiger partial charge in [0.05, 0.1) is 15.7 Å². The molecule has 120 valence electrons. The molecular weight excluding hydrogens is 303 g/mol. The minimum absolute atomic E-state index is 0.152. The molecule has 22 heavy (non-hydrogen) atoms. The minimum atomic E-state index is -1.37. The molecule has 1 aromatic carbocycles. The van der Waals surface area contributed by atoms with E-state index in [1.165, 1.54) is 37.7 Å². The first-order chi connectivity index (χ1) is 10.6. The van der Waals surface area contributed by atoms with Gasteiger partial charge in [-0.15, -0.1) is 0 Å². The second-order valence-corrected chi connectivity index (χ2v) is 7.47. The molecule has 0 unspecified atom stereocenters. The maximum absolute atomic E-state index is 13.9. The zero-order valence-corrected chi connectivity index (χ0v) is 13.5. The third kappa shape index (κ3) is 3.02. The van der Waals surface area contributed by atoms with Gasteiger partial charge in [-0.3, -0.25) is 4.21 Å². The SMILES string of the molecule is C[S@@](=O)c1ccc(NC(=O)N2CCC[C@@H]3CCC[C@@H]32)cc1F. The molecule has 1 aromatic rings. The van der Waals surface area contributed by atoms with Crippen LogP contribution >= 0.6 is 0 Å². The smallest absolute Gasteiger partial charge is 0.321 e. The molecule has 1 N–H and O–H groups in total. The van der Waals surface area contributed by atoms with Crippen molar-refractivity contribution in [1.29, 1.82) is 0 Å². The molecule has 6 heteroatoms. The van der Waals surface area contributed by atoms with Crippen LogP contribution in [0.1, 0.15) is 32.1 Å². The fourth-order valence-corrected chi connectivity index (χ4v) is 4.31. The van der Waals surface area contributed by atoms with Gasteiger partial charge in [0.25, 0.3) is 0 Å². The summed E-state index contributed by atoms with van der Waals surface area (Å²) in [6.45, 7) is 0.770. The first kappa shape index (κ1) is 15.5. The van der Waals surface area contributed by atoms with E-state index in [0.29, 0.717) is 17.6 Å². The van der Waals surface area contributed by atoms with Gasteiger partial charge >= 0.3 is 6.03 Å². The number of fused-ring (bicyclic) bond motifs is 1. The van der Waals surface area contributed by atoms with Crippen molar-refractivity contribution in [2.45, 2.75) is 43.0 Å². The lowest BCUT2D eigenvalue weighted by molar-refractivity contribution is 0.138. The average molecular weight is 324 g/mol. The predicted molar refractivity (Wildman–Crippen MR) is 84.8 cm³/mol. The molecule has 2 fully saturated rings. The molecule has 1 heterocycles. The van der Waals surface area contributed by atoms with Crippen molar-refractivity contribution in [2.24, 2.45) is 5.92 Å². The van der Waals surface area contributed by atoms with Crippen LogP contribution in [0.25, 0.3) is 0 Å². The fraction of sp³-hybridized carbons (Fsp3) is 0.562. The Morgan fingerprint density at radius 3 is 2.82 bits per heavy atom. The number of rotatable bonds is 2. The number of piperidine rings is 1. The van der Waals surface area contributed by atoms with E-state index in [2.05, 4.69) is 5.32 Å². The van der Waals surface area contributed by atoms with Gasteiger partial charge in [0, 0.05) is 24.5 Å². The predicted octanol–water partition coefficient (Wildman–Crippen LogP) is 3.36. The van der Waals surface area contributed by atoms with Crippen LogP contribution < -0.4 is 5.32 Å². The average Bonchev–Trinajstić information content (AvgIpc) is 2.95. The van der Waals surface area contributed by atoms with E-state index in [-0.39, 0.29) is 10.9 Å². The van der Waals surface area contributed by atoms with E-state index in [4.69, 9.17) is 0 Å².